The lowest BCUT2D eigenvalue weighted by Crippen LogP contribution is -2.41. The Morgan fingerprint density at radius 1 is 1.41 bits per heavy atom. The number of amides is 1. The Bertz CT molecular complexity index is 441. The molecule has 0 radical (unpaired) electrons. The quantitative estimate of drug-likeness (QED) is 0.813. The number of ketones is 1. The standard InChI is InChI=1S/C12H15NO3S/c1-8(14)10-4-5-11(17-10)12(16)13-6-2-3-9(15)7-13/h4-5,9,15H,2-3,6-7H2,1H3. The van der Waals surface area contributed by atoms with Gasteiger partial charge in [-0.15, -0.1) is 11.3 Å². The highest BCUT2D eigenvalue weighted by atomic mass is 32.1. The fraction of sp³-hybridized carbons (Fsp3) is 0.500. The maximum Gasteiger partial charge on any atom is 0.264 e. The summed E-state index contributed by atoms with van der Waals surface area (Å²) < 4.78 is 0. The van der Waals surface area contributed by atoms with Gasteiger partial charge in [-0.25, -0.2) is 0 Å². The average molecular weight is 253 g/mol. The van der Waals surface area contributed by atoms with Gasteiger partial charge in [0.25, 0.3) is 5.91 Å². The van der Waals surface area contributed by atoms with E-state index in [1.54, 1.807) is 17.0 Å². The van der Waals surface area contributed by atoms with Crippen molar-refractivity contribution in [2.75, 3.05) is 13.1 Å². The molecule has 1 fully saturated rings. The van der Waals surface area contributed by atoms with Gasteiger partial charge in [-0.1, -0.05) is 0 Å². The molecule has 1 atom stereocenters. The van der Waals surface area contributed by atoms with E-state index in [2.05, 4.69) is 0 Å². The summed E-state index contributed by atoms with van der Waals surface area (Å²) >= 11 is 1.22. The first-order chi connectivity index (χ1) is 8.08. The van der Waals surface area contributed by atoms with E-state index < -0.39 is 6.10 Å². The van der Waals surface area contributed by atoms with Crippen LogP contribution in [0.5, 0.6) is 0 Å². The lowest BCUT2D eigenvalue weighted by Gasteiger charge is -2.29. The number of carbonyl (C=O) groups is 2. The number of thiophene rings is 1. The molecular weight excluding hydrogens is 238 g/mol. The van der Waals surface area contributed by atoms with E-state index in [1.807, 2.05) is 0 Å². The number of aliphatic hydroxyl groups excluding tert-OH is 1. The lowest BCUT2D eigenvalue weighted by molar-refractivity contribution is 0.0478. The highest BCUT2D eigenvalue weighted by Gasteiger charge is 2.24. The largest absolute Gasteiger partial charge is 0.391 e. The van der Waals surface area contributed by atoms with Crippen molar-refractivity contribution in [3.05, 3.63) is 21.9 Å². The monoisotopic (exact) mass is 253 g/mol. The van der Waals surface area contributed by atoms with Crippen LogP contribution in [0.1, 0.15) is 39.1 Å². The first kappa shape index (κ1) is 12.3. The lowest BCUT2D eigenvalue weighted by atomic mass is 10.1. The summed E-state index contributed by atoms with van der Waals surface area (Å²) in [5, 5.41) is 9.52. The smallest absolute Gasteiger partial charge is 0.264 e. The number of piperidine rings is 1. The van der Waals surface area contributed by atoms with E-state index in [4.69, 9.17) is 0 Å². The zero-order valence-electron chi connectivity index (χ0n) is 9.68. The van der Waals surface area contributed by atoms with E-state index in [1.165, 1.54) is 18.3 Å². The third kappa shape index (κ3) is 2.73. The summed E-state index contributed by atoms with van der Waals surface area (Å²) in [6.07, 6.45) is 1.17. The van der Waals surface area contributed by atoms with Crippen LogP contribution in [0.2, 0.25) is 0 Å². The summed E-state index contributed by atoms with van der Waals surface area (Å²) in [4.78, 5) is 26.1. The molecule has 1 saturated heterocycles. The maximum absolute atomic E-state index is 12.1. The normalized spacial score (nSPS) is 20.4. The molecule has 0 saturated carbocycles. The van der Waals surface area contributed by atoms with E-state index in [9.17, 15) is 14.7 Å². The minimum atomic E-state index is -0.417. The molecule has 4 nitrogen and oxygen atoms in total. The molecular formula is C12H15NO3S. The molecule has 1 N–H and O–H groups in total. The highest BCUT2D eigenvalue weighted by Crippen LogP contribution is 2.21. The first-order valence-corrected chi connectivity index (χ1v) is 6.47. The Kier molecular flexibility index (Phi) is 3.59. The van der Waals surface area contributed by atoms with Crippen molar-refractivity contribution in [2.45, 2.75) is 25.9 Å². The third-order valence-corrected chi connectivity index (χ3v) is 4.02. The molecule has 2 rings (SSSR count). The molecule has 92 valence electrons. The van der Waals surface area contributed by atoms with Crippen molar-refractivity contribution < 1.29 is 14.7 Å². The van der Waals surface area contributed by atoms with Gasteiger partial charge in [-0.3, -0.25) is 9.59 Å². The third-order valence-electron chi connectivity index (χ3n) is 2.85. The SMILES string of the molecule is CC(=O)c1ccc(C(=O)N2CCCC(O)C2)s1. The summed E-state index contributed by atoms with van der Waals surface area (Å²) in [5.41, 5.74) is 0. The van der Waals surface area contributed by atoms with E-state index in [0.717, 1.165) is 12.8 Å². The molecule has 2 heterocycles. The van der Waals surface area contributed by atoms with Crippen molar-refractivity contribution in [2.24, 2.45) is 0 Å². The minimum Gasteiger partial charge on any atom is -0.391 e. The predicted molar refractivity (Wildman–Crippen MR) is 65.5 cm³/mol. The molecule has 1 aliphatic rings. The molecule has 5 heteroatoms. The fourth-order valence-corrected chi connectivity index (χ4v) is 2.81. The van der Waals surface area contributed by atoms with E-state index in [-0.39, 0.29) is 11.7 Å². The van der Waals surface area contributed by atoms with Crippen LogP contribution in [0.3, 0.4) is 0 Å². The Labute approximate surface area is 104 Å². The van der Waals surface area contributed by atoms with Gasteiger partial charge >= 0.3 is 0 Å². The van der Waals surface area contributed by atoms with Crippen molar-refractivity contribution in [3.8, 4) is 0 Å². The second kappa shape index (κ2) is 4.98. The van der Waals surface area contributed by atoms with Gasteiger partial charge in [0.1, 0.15) is 0 Å². The van der Waals surface area contributed by atoms with Crippen molar-refractivity contribution >= 4 is 23.0 Å². The van der Waals surface area contributed by atoms with Gasteiger partial charge in [0.2, 0.25) is 0 Å². The van der Waals surface area contributed by atoms with E-state index >= 15 is 0 Å². The number of aliphatic hydroxyl groups is 1. The number of nitrogens with zero attached hydrogens (tertiary/aromatic N) is 1. The average Bonchev–Trinajstić information content (AvgIpc) is 2.77. The number of hydrogen-bond donors (Lipinski definition) is 1. The topological polar surface area (TPSA) is 57.6 Å². The van der Waals surface area contributed by atoms with Crippen LogP contribution in [0.15, 0.2) is 12.1 Å². The minimum absolute atomic E-state index is 0.0206. The molecule has 1 aromatic rings. The van der Waals surface area contributed by atoms with Gasteiger partial charge < -0.3 is 10.0 Å². The summed E-state index contributed by atoms with van der Waals surface area (Å²) in [6.45, 7) is 2.57. The highest BCUT2D eigenvalue weighted by molar-refractivity contribution is 7.15. The van der Waals surface area contributed by atoms with Crippen LogP contribution in [0.25, 0.3) is 0 Å². The Hall–Kier alpha value is -1.20. The predicted octanol–water partition coefficient (Wildman–Crippen LogP) is 1.55. The number of Topliss-reactive ketones (excluding diaryl/α,β-unsaturated/α-hetero) is 1. The molecule has 1 aliphatic heterocycles. The van der Waals surface area contributed by atoms with Crippen molar-refractivity contribution in [1.82, 2.24) is 4.90 Å². The maximum atomic E-state index is 12.1. The molecule has 1 aromatic heterocycles. The van der Waals surface area contributed by atoms with Gasteiger partial charge in [0, 0.05) is 13.1 Å². The zero-order valence-corrected chi connectivity index (χ0v) is 10.5. The van der Waals surface area contributed by atoms with Crippen molar-refractivity contribution in [3.63, 3.8) is 0 Å². The number of hydrogen-bond acceptors (Lipinski definition) is 4. The van der Waals surface area contributed by atoms with Crippen LogP contribution in [0, 0.1) is 0 Å². The van der Waals surface area contributed by atoms with E-state index in [0.29, 0.717) is 22.8 Å². The number of carbonyl (C=O) groups excluding carboxylic acids is 2. The molecule has 1 unspecified atom stereocenters. The van der Waals surface area contributed by atoms with Crippen LogP contribution in [-0.2, 0) is 0 Å². The first-order valence-electron chi connectivity index (χ1n) is 5.66. The van der Waals surface area contributed by atoms with Gasteiger partial charge in [0.15, 0.2) is 5.78 Å². The Balaban J connectivity index is 2.10. The fourth-order valence-electron chi connectivity index (χ4n) is 1.94. The molecule has 1 amide bonds. The molecule has 0 aliphatic carbocycles. The van der Waals surface area contributed by atoms with Crippen LogP contribution >= 0.6 is 11.3 Å². The van der Waals surface area contributed by atoms with Crippen molar-refractivity contribution in [1.29, 1.82) is 0 Å². The van der Waals surface area contributed by atoms with Gasteiger partial charge in [0.05, 0.1) is 15.9 Å². The summed E-state index contributed by atoms with van der Waals surface area (Å²) in [7, 11) is 0. The van der Waals surface area contributed by atoms with Crippen LogP contribution in [0.4, 0.5) is 0 Å². The second-order valence-corrected chi connectivity index (χ2v) is 5.35. The zero-order chi connectivity index (χ0) is 12.4. The Morgan fingerprint density at radius 3 is 2.71 bits per heavy atom. The molecule has 0 bridgehead atoms. The Morgan fingerprint density at radius 2 is 2.12 bits per heavy atom. The number of likely N-dealkylation sites (tertiary alicyclic amines) is 1. The van der Waals surface area contributed by atoms with Gasteiger partial charge in [-0.05, 0) is 31.9 Å². The molecule has 0 spiro atoms. The van der Waals surface area contributed by atoms with Gasteiger partial charge in [-0.2, -0.15) is 0 Å². The molecule has 17 heavy (non-hydrogen) atoms. The number of rotatable bonds is 2. The second-order valence-electron chi connectivity index (χ2n) is 4.27. The van der Waals surface area contributed by atoms with Crippen LogP contribution < -0.4 is 0 Å². The summed E-state index contributed by atoms with van der Waals surface area (Å²) in [6, 6.07) is 3.37. The number of β-amino-alcohol motifs (C(OH)–C–C–N with tert-alkyl or cyclic N) is 1. The molecule has 0 aromatic carbocycles. The van der Waals surface area contributed by atoms with Crippen LogP contribution in [-0.4, -0.2) is 40.9 Å². The summed E-state index contributed by atoms with van der Waals surface area (Å²) in [5.74, 6) is -0.103.